The Hall–Kier alpha value is -4.24. The van der Waals surface area contributed by atoms with E-state index in [9.17, 15) is 5.48 Å². The first-order valence-corrected chi connectivity index (χ1v) is 13.4. The van der Waals surface area contributed by atoms with Crippen molar-refractivity contribution in [1.29, 1.82) is 0 Å². The van der Waals surface area contributed by atoms with Crippen molar-refractivity contribution in [2.24, 2.45) is 11.8 Å². The maximum atomic E-state index is 9.42. The normalized spacial score (nSPS) is 26.8. The van der Waals surface area contributed by atoms with Gasteiger partial charge in [-0.05, 0) is 106 Å². The predicted molar refractivity (Wildman–Crippen MR) is 163 cm³/mol. The van der Waals surface area contributed by atoms with Crippen molar-refractivity contribution in [3.8, 4) is 45.3 Å². The van der Waals surface area contributed by atoms with Gasteiger partial charge in [0.1, 0.15) is 23.0 Å². The summed E-state index contributed by atoms with van der Waals surface area (Å²) in [6.45, 7) is -1.23. The lowest BCUT2D eigenvalue weighted by molar-refractivity contribution is 0.457. The number of ether oxygens (including phenoxy) is 2. The van der Waals surface area contributed by atoms with Crippen LogP contribution in [0.1, 0.15) is 59.1 Å². The molecule has 9 rings (SSSR count). The maximum absolute atomic E-state index is 9.42. The predicted octanol–water partition coefficient (Wildman–Crippen LogP) is 7.65. The summed E-state index contributed by atoms with van der Waals surface area (Å²) >= 11 is 0. The number of hydrogen-bond donors (Lipinski definition) is 0. The molecule has 5 aromatic rings. The molecule has 2 nitrogen and oxygen atoms in total. The van der Waals surface area contributed by atoms with Crippen molar-refractivity contribution < 1.29 is 31.4 Å². The SMILES string of the molecule is [2H]c1c([2H])c([2H])c(-c2c([2H])c([2H])c3c(c2[2H])Oc2cc(C4C5CCC4CC5)cc4c2B3c2c([2H])c([2H])c(-c3c([2H])c([2H])c([2H])c([2H])c3[2H])c([2H])c2O4)c([2H])c1[2H]. The smallest absolute Gasteiger partial charge is 0.260 e. The number of benzene rings is 5. The summed E-state index contributed by atoms with van der Waals surface area (Å²) in [7, 11) is 0. The third kappa shape index (κ3) is 3.37. The van der Waals surface area contributed by atoms with Crippen LogP contribution in [0.25, 0.3) is 22.3 Å². The molecule has 192 valence electrons. The summed E-state index contributed by atoms with van der Waals surface area (Å²) in [5, 5.41) is 0. The Morgan fingerprint density at radius 2 is 1.02 bits per heavy atom. The molecular weight excluding hydrogens is 487 g/mol. The van der Waals surface area contributed by atoms with Crippen LogP contribution in [0.3, 0.4) is 0 Å². The van der Waals surface area contributed by atoms with Crippen molar-refractivity contribution in [2.45, 2.75) is 31.6 Å². The molecule has 0 N–H and O–H groups in total. The van der Waals surface area contributed by atoms with Gasteiger partial charge in [0.2, 0.25) is 0 Å². The van der Waals surface area contributed by atoms with Crippen molar-refractivity contribution >= 4 is 23.1 Å². The number of rotatable bonds is 3. The Kier molecular flexibility index (Phi) is 2.61. The summed E-state index contributed by atoms with van der Waals surface area (Å²) in [5.74, 6) is 0.825. The zero-order valence-corrected chi connectivity index (χ0v) is 21.1. The van der Waals surface area contributed by atoms with Crippen LogP contribution in [0, 0.1) is 11.8 Å². The van der Waals surface area contributed by atoms with Crippen molar-refractivity contribution in [3.05, 3.63) is 114 Å². The topological polar surface area (TPSA) is 18.5 Å². The maximum Gasteiger partial charge on any atom is 0.260 e. The van der Waals surface area contributed by atoms with Crippen LogP contribution < -0.4 is 25.9 Å². The minimum atomic E-state index is -1.23. The van der Waals surface area contributed by atoms with Crippen molar-refractivity contribution in [2.75, 3.05) is 0 Å². The first kappa shape index (κ1) is 12.1. The largest absolute Gasteiger partial charge is 0.458 e. The molecular formula is C37H29BO2. The highest BCUT2D eigenvalue weighted by Crippen LogP contribution is 2.55. The molecule has 0 unspecified atom stereocenters. The van der Waals surface area contributed by atoms with Gasteiger partial charge in [-0.1, -0.05) is 84.6 Å². The van der Waals surface area contributed by atoms with E-state index in [4.69, 9.17) is 25.9 Å². The molecule has 2 aliphatic carbocycles. The molecule has 0 saturated heterocycles. The van der Waals surface area contributed by atoms with Gasteiger partial charge in [-0.2, -0.15) is 0 Å². The number of fused-ring (bicyclic) bond motifs is 6. The van der Waals surface area contributed by atoms with Gasteiger partial charge in [-0.25, -0.2) is 0 Å². The van der Waals surface area contributed by atoms with E-state index in [2.05, 4.69) is 0 Å². The van der Waals surface area contributed by atoms with Gasteiger partial charge in [0.15, 0.2) is 0 Å². The summed E-state index contributed by atoms with van der Waals surface area (Å²) in [6.07, 6.45) is 4.16. The highest BCUT2D eigenvalue weighted by atomic mass is 16.5. The highest BCUT2D eigenvalue weighted by molar-refractivity contribution is 6.98. The quantitative estimate of drug-likeness (QED) is 0.218. The monoisotopic (exact) mass is 532 g/mol. The molecule has 0 atom stereocenters. The van der Waals surface area contributed by atoms with Crippen molar-refractivity contribution in [1.82, 2.24) is 0 Å². The molecule has 0 aromatic heterocycles. The Labute approximate surface area is 258 Å². The Morgan fingerprint density at radius 3 is 1.50 bits per heavy atom. The van der Waals surface area contributed by atoms with Gasteiger partial charge in [-0.15, -0.1) is 0 Å². The molecule has 2 fully saturated rings. The first-order valence-electron chi connectivity index (χ1n) is 21.4. The third-order valence-corrected chi connectivity index (χ3v) is 8.74. The van der Waals surface area contributed by atoms with Gasteiger partial charge in [0.05, 0.1) is 21.9 Å². The second-order valence-corrected chi connectivity index (χ2v) is 10.8. The fraction of sp³-hybridized carbons (Fsp3) is 0.189. The summed E-state index contributed by atoms with van der Waals surface area (Å²) in [4.78, 5) is 0. The average Bonchev–Trinajstić information content (AvgIpc) is 3.79. The molecule has 2 aliphatic heterocycles. The highest BCUT2D eigenvalue weighted by Gasteiger charge is 2.45. The summed E-state index contributed by atoms with van der Waals surface area (Å²) < 4.78 is 153. The van der Waals surface area contributed by atoms with Crippen LogP contribution in [0.5, 0.6) is 23.0 Å². The number of hydrogen-bond acceptors (Lipinski definition) is 2. The van der Waals surface area contributed by atoms with E-state index in [1.807, 2.05) is 12.1 Å². The van der Waals surface area contributed by atoms with Crippen molar-refractivity contribution in [3.63, 3.8) is 0 Å². The zero-order valence-electron chi connectivity index (χ0n) is 37.1. The molecule has 0 spiro atoms. The van der Waals surface area contributed by atoms with Crippen LogP contribution in [0.4, 0.5) is 0 Å². The van der Waals surface area contributed by atoms with E-state index in [-0.39, 0.29) is 39.8 Å². The summed E-state index contributed by atoms with van der Waals surface area (Å²) in [6, 6.07) is -6.54. The zero-order chi connectivity index (χ0) is 40.1. The Balaban J connectivity index is 1.37. The van der Waals surface area contributed by atoms with E-state index < -0.39 is 126 Å². The van der Waals surface area contributed by atoms with Gasteiger partial charge in [0.25, 0.3) is 6.71 Å². The Bertz CT molecular complexity index is 2420. The minimum absolute atomic E-state index is 0.0917. The standard InChI is InChI=1S/C37H29BO2/c1-3-7-23(8-4-1)27-15-17-30-32(19-27)39-34-21-29(36-25-11-12-26(36)14-13-25)22-35-37(34)38(30)31-18-16-28(20-33(31)40-35)24-9-5-2-6-10-24/h1-10,15-22,25-26,36H,11-14H2/i1D,2D,3D,4D,5D,6D,7D,8D,9D,10D,15D,16D,17D,18D,19D,20D. The van der Waals surface area contributed by atoms with E-state index in [0.29, 0.717) is 17.3 Å². The molecule has 3 heteroatoms. The molecule has 2 heterocycles. The minimum Gasteiger partial charge on any atom is -0.458 e. The fourth-order valence-corrected chi connectivity index (χ4v) is 7.08. The van der Waals surface area contributed by atoms with Gasteiger partial charge >= 0.3 is 0 Å². The lowest BCUT2D eigenvalue weighted by Crippen LogP contribution is -2.57. The second kappa shape index (κ2) is 8.63. The van der Waals surface area contributed by atoms with Crippen LogP contribution in [0.2, 0.25) is 0 Å². The fourth-order valence-electron chi connectivity index (χ4n) is 7.08. The molecule has 4 aliphatic rings. The summed E-state index contributed by atoms with van der Waals surface area (Å²) in [5.41, 5.74) is -0.731. The van der Waals surface area contributed by atoms with E-state index in [0.717, 1.165) is 31.2 Å². The molecule has 0 radical (unpaired) electrons. The average molecular weight is 533 g/mol. The van der Waals surface area contributed by atoms with Gasteiger partial charge in [0, 0.05) is 5.46 Å². The van der Waals surface area contributed by atoms with E-state index in [1.54, 1.807) is 0 Å². The van der Waals surface area contributed by atoms with Crippen LogP contribution >= 0.6 is 0 Å². The van der Waals surface area contributed by atoms with Crippen LogP contribution in [-0.4, -0.2) is 6.71 Å². The van der Waals surface area contributed by atoms with E-state index >= 15 is 0 Å². The second-order valence-electron chi connectivity index (χ2n) is 10.8. The third-order valence-electron chi connectivity index (χ3n) is 8.74. The molecule has 2 saturated carbocycles. The molecule has 2 bridgehead atoms. The van der Waals surface area contributed by atoms with Crippen LogP contribution in [-0.2, 0) is 0 Å². The lowest BCUT2D eigenvalue weighted by atomic mass is 9.34. The molecule has 5 aromatic carbocycles. The van der Waals surface area contributed by atoms with E-state index in [1.165, 1.54) is 0 Å². The van der Waals surface area contributed by atoms with Gasteiger partial charge < -0.3 is 9.47 Å². The lowest BCUT2D eigenvalue weighted by Gasteiger charge is -2.34. The Morgan fingerprint density at radius 1 is 0.550 bits per heavy atom. The first-order chi connectivity index (χ1) is 26.5. The molecule has 0 amide bonds. The van der Waals surface area contributed by atoms with Crippen LogP contribution in [0.15, 0.2) is 109 Å². The molecule has 40 heavy (non-hydrogen) atoms. The van der Waals surface area contributed by atoms with Gasteiger partial charge in [-0.3, -0.25) is 0 Å².